The molecule has 7 heteroatoms. The predicted octanol–water partition coefficient (Wildman–Crippen LogP) is 3.12. The average molecular weight is 355 g/mol. The van der Waals surface area contributed by atoms with Crippen molar-refractivity contribution >= 4 is 16.9 Å². The van der Waals surface area contributed by atoms with Gasteiger partial charge in [-0.3, -0.25) is 0 Å². The zero-order valence-electron chi connectivity index (χ0n) is 13.5. The average Bonchev–Trinajstić information content (AvgIpc) is 2.62. The number of ether oxygens (including phenoxy) is 1. The van der Waals surface area contributed by atoms with E-state index in [2.05, 4.69) is 9.97 Å². The lowest BCUT2D eigenvalue weighted by atomic mass is 10.0. The summed E-state index contributed by atoms with van der Waals surface area (Å²) in [7, 11) is 1.56. The molecule has 0 amide bonds. The van der Waals surface area contributed by atoms with Gasteiger partial charge < -0.3 is 15.0 Å². The molecule has 0 radical (unpaired) electrons. The number of aromatic nitrogens is 2. The van der Waals surface area contributed by atoms with E-state index in [-0.39, 0.29) is 5.75 Å². The fourth-order valence-electron chi connectivity index (χ4n) is 2.51. The van der Waals surface area contributed by atoms with E-state index in [1.807, 2.05) is 36.4 Å². The van der Waals surface area contributed by atoms with Gasteiger partial charge in [0.25, 0.3) is 0 Å². The number of benzene rings is 1. The fourth-order valence-corrected chi connectivity index (χ4v) is 2.97. The third-order valence-corrected chi connectivity index (χ3v) is 4.31. The molecule has 2 heterocycles. The molecule has 128 valence electrons. The van der Waals surface area contributed by atoms with Crippen LogP contribution in [-0.4, -0.2) is 25.8 Å². The number of hydrogen-bond acceptors (Lipinski definition) is 5. The van der Waals surface area contributed by atoms with Gasteiger partial charge in [0.15, 0.2) is 11.1 Å². The summed E-state index contributed by atoms with van der Waals surface area (Å²) in [6, 6.07) is 13.0. The van der Waals surface area contributed by atoms with E-state index in [0.717, 1.165) is 27.8 Å². The Hall–Kier alpha value is -2.77. The number of hydrogen-bond donors (Lipinski definition) is 2. The van der Waals surface area contributed by atoms with Crippen LogP contribution in [0.1, 0.15) is 5.56 Å². The molecule has 0 aliphatic heterocycles. The highest BCUT2D eigenvalue weighted by atomic mass is 32.2. The van der Waals surface area contributed by atoms with Crippen molar-refractivity contribution in [2.45, 2.75) is 5.75 Å². The molecule has 0 aliphatic rings. The van der Waals surface area contributed by atoms with Gasteiger partial charge in [-0.15, -0.1) is 0 Å². The van der Waals surface area contributed by atoms with Crippen LogP contribution in [0.15, 0.2) is 54.9 Å². The van der Waals surface area contributed by atoms with E-state index in [1.54, 1.807) is 25.6 Å². The van der Waals surface area contributed by atoms with Crippen molar-refractivity contribution < 1.29 is 13.5 Å². The summed E-state index contributed by atoms with van der Waals surface area (Å²) < 4.78 is 25.2. The first kappa shape index (κ1) is 17.1. The number of rotatable bonds is 5. The standard InChI is InChI=1S/C18H17N3O3S/c1-24-17-6-5-14(9-20-17)16-8-15(10-21-18(16)19)13-4-2-3-12(7-13)11-25(22)23/h2-10H,11H2,1H3,(H2,19,21)(H,22,23). The second-order valence-electron chi connectivity index (χ2n) is 5.41. The molecule has 1 atom stereocenters. The smallest absolute Gasteiger partial charge is 0.212 e. The van der Waals surface area contributed by atoms with Gasteiger partial charge in [-0.25, -0.2) is 14.2 Å². The Morgan fingerprint density at radius 2 is 1.88 bits per heavy atom. The Morgan fingerprint density at radius 1 is 1.08 bits per heavy atom. The van der Waals surface area contributed by atoms with Crippen LogP contribution in [0.3, 0.4) is 0 Å². The van der Waals surface area contributed by atoms with Crippen LogP contribution < -0.4 is 10.5 Å². The van der Waals surface area contributed by atoms with Crippen LogP contribution in [0, 0.1) is 0 Å². The van der Waals surface area contributed by atoms with Crippen LogP contribution in [0.25, 0.3) is 22.3 Å². The van der Waals surface area contributed by atoms with Gasteiger partial charge in [0.05, 0.1) is 12.9 Å². The molecule has 25 heavy (non-hydrogen) atoms. The Bertz CT molecular complexity index is 914. The van der Waals surface area contributed by atoms with E-state index < -0.39 is 11.1 Å². The van der Waals surface area contributed by atoms with E-state index in [4.69, 9.17) is 15.0 Å². The molecular formula is C18H17N3O3S. The van der Waals surface area contributed by atoms with Gasteiger partial charge in [-0.05, 0) is 23.3 Å². The highest BCUT2D eigenvalue weighted by Crippen LogP contribution is 2.30. The predicted molar refractivity (Wildman–Crippen MR) is 98.3 cm³/mol. The van der Waals surface area contributed by atoms with Crippen molar-refractivity contribution in [3.63, 3.8) is 0 Å². The third kappa shape index (κ3) is 4.01. The minimum Gasteiger partial charge on any atom is -0.481 e. The first-order chi connectivity index (χ1) is 12.1. The molecule has 3 aromatic rings. The number of methoxy groups -OCH3 is 1. The summed E-state index contributed by atoms with van der Waals surface area (Å²) in [6.45, 7) is 0. The van der Waals surface area contributed by atoms with Gasteiger partial charge in [-0.2, -0.15) is 0 Å². The lowest BCUT2D eigenvalue weighted by Gasteiger charge is -2.09. The summed E-state index contributed by atoms with van der Waals surface area (Å²) in [4.78, 5) is 8.47. The van der Waals surface area contributed by atoms with Crippen LogP contribution >= 0.6 is 0 Å². The quantitative estimate of drug-likeness (QED) is 0.682. The summed E-state index contributed by atoms with van der Waals surface area (Å²) in [5.41, 5.74) is 10.2. The number of anilines is 1. The molecule has 3 N–H and O–H groups in total. The first-order valence-corrected chi connectivity index (χ1v) is 8.77. The maximum atomic E-state index is 11.0. The van der Waals surface area contributed by atoms with Gasteiger partial charge in [0, 0.05) is 35.2 Å². The molecule has 2 aromatic heterocycles. The van der Waals surface area contributed by atoms with Crippen LogP contribution in [0.2, 0.25) is 0 Å². The SMILES string of the molecule is COc1ccc(-c2cc(-c3cccc(CS(=O)O)c3)cnc2N)cn1. The minimum absolute atomic E-state index is 0.0888. The van der Waals surface area contributed by atoms with Gasteiger partial charge in [-0.1, -0.05) is 24.3 Å². The number of nitrogens with two attached hydrogens (primary N) is 1. The molecule has 6 nitrogen and oxygen atoms in total. The topological polar surface area (TPSA) is 98.3 Å². The largest absolute Gasteiger partial charge is 0.481 e. The van der Waals surface area contributed by atoms with Crippen molar-refractivity contribution in [3.8, 4) is 28.1 Å². The fraction of sp³-hybridized carbons (Fsp3) is 0.111. The third-order valence-electron chi connectivity index (χ3n) is 3.73. The number of pyridine rings is 2. The Kier molecular flexibility index (Phi) is 5.06. The minimum atomic E-state index is -1.88. The highest BCUT2D eigenvalue weighted by Gasteiger charge is 2.09. The Morgan fingerprint density at radius 3 is 2.56 bits per heavy atom. The molecule has 0 bridgehead atoms. The molecular weight excluding hydrogens is 338 g/mol. The van der Waals surface area contributed by atoms with E-state index in [0.29, 0.717) is 11.7 Å². The van der Waals surface area contributed by atoms with E-state index in [9.17, 15) is 4.21 Å². The normalized spacial score (nSPS) is 11.9. The monoisotopic (exact) mass is 355 g/mol. The molecule has 0 saturated carbocycles. The Labute approximate surface area is 148 Å². The summed E-state index contributed by atoms with van der Waals surface area (Å²) in [5.74, 6) is 1.02. The second kappa shape index (κ2) is 7.42. The van der Waals surface area contributed by atoms with E-state index >= 15 is 0 Å². The zero-order valence-corrected chi connectivity index (χ0v) is 14.4. The maximum absolute atomic E-state index is 11.0. The van der Waals surface area contributed by atoms with Crippen LogP contribution in [-0.2, 0) is 16.8 Å². The molecule has 0 fully saturated rings. The number of nitrogen functional groups attached to an aromatic ring is 1. The molecule has 0 spiro atoms. The van der Waals surface area contributed by atoms with Gasteiger partial charge in [0.1, 0.15) is 5.82 Å². The summed E-state index contributed by atoms with van der Waals surface area (Å²) in [5, 5.41) is 0. The van der Waals surface area contributed by atoms with Crippen molar-refractivity contribution in [1.29, 1.82) is 0 Å². The zero-order chi connectivity index (χ0) is 17.8. The van der Waals surface area contributed by atoms with E-state index in [1.165, 1.54) is 0 Å². The highest BCUT2D eigenvalue weighted by molar-refractivity contribution is 7.78. The van der Waals surface area contributed by atoms with Crippen LogP contribution in [0.4, 0.5) is 5.82 Å². The molecule has 1 aromatic carbocycles. The second-order valence-corrected chi connectivity index (χ2v) is 6.34. The molecule has 3 rings (SSSR count). The number of nitrogens with zero attached hydrogens (tertiary/aromatic N) is 2. The van der Waals surface area contributed by atoms with Crippen molar-refractivity contribution in [3.05, 3.63) is 60.4 Å². The lowest BCUT2D eigenvalue weighted by molar-refractivity contribution is 0.398. The van der Waals surface area contributed by atoms with Gasteiger partial charge >= 0.3 is 0 Å². The lowest BCUT2D eigenvalue weighted by Crippen LogP contribution is -1.97. The Balaban J connectivity index is 2.00. The van der Waals surface area contributed by atoms with Crippen LogP contribution in [0.5, 0.6) is 5.88 Å². The van der Waals surface area contributed by atoms with Crippen molar-refractivity contribution in [2.75, 3.05) is 12.8 Å². The first-order valence-electron chi connectivity index (χ1n) is 7.49. The molecule has 0 aliphatic carbocycles. The van der Waals surface area contributed by atoms with Crippen molar-refractivity contribution in [2.24, 2.45) is 0 Å². The van der Waals surface area contributed by atoms with Crippen molar-refractivity contribution in [1.82, 2.24) is 9.97 Å². The summed E-state index contributed by atoms with van der Waals surface area (Å²) >= 11 is -1.88. The molecule has 0 saturated heterocycles. The summed E-state index contributed by atoms with van der Waals surface area (Å²) in [6.07, 6.45) is 3.37. The molecule has 1 unspecified atom stereocenters. The van der Waals surface area contributed by atoms with Gasteiger partial charge in [0.2, 0.25) is 5.88 Å². The maximum Gasteiger partial charge on any atom is 0.212 e.